The molecule has 0 bridgehead atoms. The Balaban J connectivity index is 1.57. The lowest BCUT2D eigenvalue weighted by molar-refractivity contribution is 0.427. The van der Waals surface area contributed by atoms with Gasteiger partial charge in [0.25, 0.3) is 0 Å². The predicted molar refractivity (Wildman–Crippen MR) is 109 cm³/mol. The highest BCUT2D eigenvalue weighted by Gasteiger charge is 2.39. The quantitative estimate of drug-likeness (QED) is 0.495. The summed E-state index contributed by atoms with van der Waals surface area (Å²) in [5, 5.41) is 7.59. The number of anilines is 1. The molecule has 0 unspecified atom stereocenters. The first-order valence-electron chi connectivity index (χ1n) is 9.56. The molecular weight excluding hydrogens is 338 g/mol. The maximum atomic E-state index is 6.58. The number of halogens is 1. The minimum Gasteiger partial charge on any atom is -0.376 e. The number of hydrogen-bond donors (Lipinski definition) is 1. The summed E-state index contributed by atoms with van der Waals surface area (Å²) in [7, 11) is 0. The molecule has 3 aromatic rings. The fourth-order valence-corrected chi connectivity index (χ4v) is 5.67. The van der Waals surface area contributed by atoms with Gasteiger partial charge in [-0.25, -0.2) is 0 Å². The van der Waals surface area contributed by atoms with Crippen LogP contribution in [0.1, 0.15) is 40.6 Å². The molecule has 1 aliphatic heterocycles. The van der Waals surface area contributed by atoms with Crippen molar-refractivity contribution in [2.45, 2.75) is 31.2 Å². The van der Waals surface area contributed by atoms with Gasteiger partial charge in [-0.15, -0.1) is 0 Å². The predicted octanol–water partition coefficient (Wildman–Crippen LogP) is 6.42. The van der Waals surface area contributed by atoms with Gasteiger partial charge in [-0.1, -0.05) is 66.2 Å². The van der Waals surface area contributed by atoms with Crippen molar-refractivity contribution in [2.75, 3.05) is 5.32 Å². The third-order valence-corrected chi connectivity index (χ3v) is 6.91. The average molecular weight is 358 g/mol. The highest BCUT2D eigenvalue weighted by atomic mass is 35.5. The SMILES string of the molecule is Clc1cccc2c1N[C@@H](c1ccc3c4c(cccc14)CC3)[C@H]1CC=C[C@@H]21. The van der Waals surface area contributed by atoms with Crippen LogP contribution in [0.15, 0.2) is 60.7 Å². The number of benzene rings is 3. The summed E-state index contributed by atoms with van der Waals surface area (Å²) in [4.78, 5) is 0. The van der Waals surface area contributed by atoms with Crippen LogP contribution in [0.25, 0.3) is 10.8 Å². The number of aryl methyl sites for hydroxylation is 2. The summed E-state index contributed by atoms with van der Waals surface area (Å²) in [5.74, 6) is 1.01. The zero-order valence-electron chi connectivity index (χ0n) is 14.5. The highest BCUT2D eigenvalue weighted by molar-refractivity contribution is 6.33. The van der Waals surface area contributed by atoms with Gasteiger partial charge in [0.2, 0.25) is 0 Å². The molecule has 0 aromatic heterocycles. The van der Waals surface area contributed by atoms with E-state index in [0.717, 1.165) is 17.1 Å². The van der Waals surface area contributed by atoms with Crippen molar-refractivity contribution >= 4 is 28.1 Å². The third kappa shape index (κ3) is 1.92. The normalized spacial score (nSPS) is 25.2. The minimum atomic E-state index is 0.298. The number of hydrogen-bond acceptors (Lipinski definition) is 1. The molecule has 1 heterocycles. The Labute approximate surface area is 158 Å². The molecule has 0 saturated heterocycles. The lowest BCUT2D eigenvalue weighted by Crippen LogP contribution is -2.29. The standard InChI is InChI=1S/C24H20ClN/c25-21-9-3-8-19-16-5-2-7-18(16)23(26-24(19)21)20-13-12-15-11-10-14-4-1-6-17(20)22(14)15/h1-6,8-9,12-13,16,18,23,26H,7,10-11H2/t16-,18+,23-/m1/s1. The van der Waals surface area contributed by atoms with Crippen molar-refractivity contribution in [1.29, 1.82) is 0 Å². The van der Waals surface area contributed by atoms with Gasteiger partial charge in [0.15, 0.2) is 0 Å². The Morgan fingerprint density at radius 1 is 0.885 bits per heavy atom. The monoisotopic (exact) mass is 357 g/mol. The highest BCUT2D eigenvalue weighted by Crippen LogP contribution is 2.52. The molecule has 3 aliphatic rings. The largest absolute Gasteiger partial charge is 0.376 e. The molecule has 0 saturated carbocycles. The van der Waals surface area contributed by atoms with Gasteiger partial charge < -0.3 is 5.32 Å². The first-order valence-corrected chi connectivity index (χ1v) is 9.94. The number of allylic oxidation sites excluding steroid dienone is 2. The average Bonchev–Trinajstić information content (AvgIpc) is 3.31. The van der Waals surface area contributed by atoms with E-state index < -0.39 is 0 Å². The van der Waals surface area contributed by atoms with Gasteiger partial charge in [-0.3, -0.25) is 0 Å². The molecule has 2 aliphatic carbocycles. The van der Waals surface area contributed by atoms with Crippen LogP contribution >= 0.6 is 11.6 Å². The summed E-state index contributed by atoms with van der Waals surface area (Å²) in [6.45, 7) is 0. The van der Waals surface area contributed by atoms with Crippen LogP contribution in [0.4, 0.5) is 5.69 Å². The van der Waals surface area contributed by atoms with Gasteiger partial charge in [-0.05, 0) is 64.3 Å². The number of rotatable bonds is 1. The van der Waals surface area contributed by atoms with E-state index in [1.54, 1.807) is 0 Å². The van der Waals surface area contributed by atoms with Crippen LogP contribution < -0.4 is 5.32 Å². The fraction of sp³-hybridized carbons (Fsp3) is 0.250. The summed E-state index contributed by atoms with van der Waals surface area (Å²) in [5.41, 5.74) is 6.91. The van der Waals surface area contributed by atoms with Crippen molar-refractivity contribution in [2.24, 2.45) is 5.92 Å². The molecule has 3 aromatic carbocycles. The van der Waals surface area contributed by atoms with Crippen LogP contribution in [0.5, 0.6) is 0 Å². The van der Waals surface area contributed by atoms with Gasteiger partial charge in [-0.2, -0.15) is 0 Å². The van der Waals surface area contributed by atoms with Crippen molar-refractivity contribution in [3.8, 4) is 0 Å². The molecule has 0 radical (unpaired) electrons. The minimum absolute atomic E-state index is 0.298. The summed E-state index contributed by atoms with van der Waals surface area (Å²) >= 11 is 6.58. The first kappa shape index (κ1) is 14.9. The molecular formula is C24H20ClN. The van der Waals surface area contributed by atoms with E-state index in [9.17, 15) is 0 Å². The molecule has 0 fully saturated rings. The van der Waals surface area contributed by atoms with E-state index in [1.165, 1.54) is 45.9 Å². The third-order valence-electron chi connectivity index (χ3n) is 6.59. The number of para-hydroxylation sites is 1. The molecule has 6 rings (SSSR count). The van der Waals surface area contributed by atoms with Crippen LogP contribution in [-0.2, 0) is 12.8 Å². The zero-order chi connectivity index (χ0) is 17.3. The Morgan fingerprint density at radius 2 is 1.73 bits per heavy atom. The van der Waals surface area contributed by atoms with E-state index in [1.807, 2.05) is 6.07 Å². The summed E-state index contributed by atoms with van der Waals surface area (Å²) < 4.78 is 0. The van der Waals surface area contributed by atoms with Crippen molar-refractivity contribution < 1.29 is 0 Å². The molecule has 2 heteroatoms. The zero-order valence-corrected chi connectivity index (χ0v) is 15.3. The van der Waals surface area contributed by atoms with Crippen LogP contribution in [0.2, 0.25) is 5.02 Å². The maximum Gasteiger partial charge on any atom is 0.0640 e. The first-order chi connectivity index (χ1) is 12.8. The van der Waals surface area contributed by atoms with Gasteiger partial charge in [0.1, 0.15) is 0 Å². The van der Waals surface area contributed by atoms with Gasteiger partial charge >= 0.3 is 0 Å². The van der Waals surface area contributed by atoms with Crippen LogP contribution in [0, 0.1) is 5.92 Å². The van der Waals surface area contributed by atoms with E-state index in [4.69, 9.17) is 11.6 Å². The second kappa shape index (κ2) is 5.37. The van der Waals surface area contributed by atoms with Crippen molar-refractivity contribution in [3.63, 3.8) is 0 Å². The van der Waals surface area contributed by atoms with E-state index >= 15 is 0 Å². The topological polar surface area (TPSA) is 12.0 Å². The lowest BCUT2D eigenvalue weighted by atomic mass is 9.76. The van der Waals surface area contributed by atoms with Gasteiger partial charge in [0.05, 0.1) is 16.8 Å². The lowest BCUT2D eigenvalue weighted by Gasteiger charge is -2.38. The molecule has 0 spiro atoms. The second-order valence-electron chi connectivity index (χ2n) is 7.83. The van der Waals surface area contributed by atoms with Gasteiger partial charge in [0, 0.05) is 5.92 Å². The molecule has 26 heavy (non-hydrogen) atoms. The number of nitrogens with one attached hydrogen (secondary N) is 1. The van der Waals surface area contributed by atoms with Crippen molar-refractivity contribution in [3.05, 3.63) is 88.0 Å². The van der Waals surface area contributed by atoms with Crippen LogP contribution in [-0.4, -0.2) is 0 Å². The molecule has 1 N–H and O–H groups in total. The van der Waals surface area contributed by atoms with E-state index in [2.05, 4.69) is 59.9 Å². The Kier molecular flexibility index (Phi) is 3.07. The fourth-order valence-electron chi connectivity index (χ4n) is 5.43. The summed E-state index contributed by atoms with van der Waals surface area (Å²) in [6, 6.07) is 18.1. The number of fused-ring (bicyclic) bond motifs is 3. The molecule has 0 amide bonds. The second-order valence-corrected chi connectivity index (χ2v) is 8.24. The molecule has 1 nitrogen and oxygen atoms in total. The van der Waals surface area contributed by atoms with E-state index in [-0.39, 0.29) is 0 Å². The summed E-state index contributed by atoms with van der Waals surface area (Å²) in [6.07, 6.45) is 8.21. The Hall–Kier alpha value is -2.25. The Morgan fingerprint density at radius 3 is 2.65 bits per heavy atom. The van der Waals surface area contributed by atoms with Crippen molar-refractivity contribution in [1.82, 2.24) is 0 Å². The van der Waals surface area contributed by atoms with E-state index in [0.29, 0.717) is 17.9 Å². The molecule has 128 valence electrons. The molecule has 3 atom stereocenters. The Bertz CT molecular complexity index is 1070. The smallest absolute Gasteiger partial charge is 0.0640 e. The van der Waals surface area contributed by atoms with Crippen LogP contribution in [0.3, 0.4) is 0 Å². The maximum absolute atomic E-state index is 6.58.